The van der Waals surface area contributed by atoms with Crippen LogP contribution in [0.15, 0.2) is 18.2 Å². The Bertz CT molecular complexity index is 427. The molecule has 0 aliphatic rings. The Kier molecular flexibility index (Phi) is 7.56. The van der Waals surface area contributed by atoms with Gasteiger partial charge in [0.1, 0.15) is 11.6 Å². The van der Waals surface area contributed by atoms with Crippen LogP contribution in [0, 0.1) is 17.6 Å². The molecular formula is C13H19ClF2N2O. The average molecular weight is 293 g/mol. The van der Waals surface area contributed by atoms with E-state index in [0.717, 1.165) is 6.07 Å². The summed E-state index contributed by atoms with van der Waals surface area (Å²) in [6.07, 6.45) is 0. The third kappa shape index (κ3) is 5.12. The first-order chi connectivity index (χ1) is 8.45. The van der Waals surface area contributed by atoms with Crippen LogP contribution in [-0.2, 0) is 4.79 Å². The molecule has 0 aliphatic heterocycles. The first-order valence-corrected chi connectivity index (χ1v) is 5.84. The minimum atomic E-state index is -0.640. The Hall–Kier alpha value is -1.20. The fraction of sp³-hybridized carbons (Fsp3) is 0.462. The molecule has 1 aromatic carbocycles. The molecule has 1 rings (SSSR count). The number of benzene rings is 1. The quantitative estimate of drug-likeness (QED) is 0.875. The predicted octanol–water partition coefficient (Wildman–Crippen LogP) is 2.42. The zero-order chi connectivity index (χ0) is 13.7. The lowest BCUT2D eigenvalue weighted by Gasteiger charge is -2.23. The fourth-order valence-corrected chi connectivity index (χ4v) is 1.74. The van der Waals surface area contributed by atoms with Crippen LogP contribution in [0.3, 0.4) is 0 Å². The van der Waals surface area contributed by atoms with Crippen LogP contribution in [0.2, 0.25) is 0 Å². The van der Waals surface area contributed by atoms with Crippen LogP contribution >= 0.6 is 12.4 Å². The third-order valence-electron chi connectivity index (χ3n) is 2.62. The van der Waals surface area contributed by atoms with Crippen molar-refractivity contribution in [3.05, 3.63) is 35.4 Å². The summed E-state index contributed by atoms with van der Waals surface area (Å²) in [5.74, 6) is -1.48. The first kappa shape index (κ1) is 17.8. The Morgan fingerprint density at radius 1 is 1.32 bits per heavy atom. The van der Waals surface area contributed by atoms with Crippen LogP contribution in [0.25, 0.3) is 0 Å². The van der Waals surface area contributed by atoms with Crippen molar-refractivity contribution in [3.8, 4) is 0 Å². The minimum absolute atomic E-state index is 0. The van der Waals surface area contributed by atoms with Crippen LogP contribution in [-0.4, -0.2) is 19.5 Å². The van der Waals surface area contributed by atoms with E-state index < -0.39 is 17.7 Å². The molecule has 0 aliphatic carbocycles. The van der Waals surface area contributed by atoms with Gasteiger partial charge in [-0.15, -0.1) is 12.4 Å². The van der Waals surface area contributed by atoms with E-state index >= 15 is 0 Å². The number of likely N-dealkylation sites (N-methyl/N-ethyl adjacent to an activating group) is 1. The van der Waals surface area contributed by atoms with Crippen molar-refractivity contribution in [2.75, 3.05) is 13.6 Å². The van der Waals surface area contributed by atoms with Crippen molar-refractivity contribution in [3.63, 3.8) is 0 Å². The van der Waals surface area contributed by atoms with Gasteiger partial charge in [-0.3, -0.25) is 4.79 Å². The van der Waals surface area contributed by atoms with Gasteiger partial charge >= 0.3 is 0 Å². The number of carbonyl (C=O) groups is 1. The Morgan fingerprint density at radius 3 is 2.42 bits per heavy atom. The molecule has 1 atom stereocenters. The zero-order valence-corrected chi connectivity index (χ0v) is 12.0. The lowest BCUT2D eigenvalue weighted by atomic mass is 9.95. The summed E-state index contributed by atoms with van der Waals surface area (Å²) in [7, 11) is 1.66. The largest absolute Gasteiger partial charge is 0.348 e. The zero-order valence-electron chi connectivity index (χ0n) is 11.2. The van der Waals surface area contributed by atoms with Crippen molar-refractivity contribution in [2.24, 2.45) is 5.92 Å². The van der Waals surface area contributed by atoms with Gasteiger partial charge in [-0.1, -0.05) is 19.9 Å². The summed E-state index contributed by atoms with van der Waals surface area (Å²) in [5, 5.41) is 5.45. The maximum atomic E-state index is 13.7. The van der Waals surface area contributed by atoms with Gasteiger partial charge in [0.05, 0.1) is 12.6 Å². The van der Waals surface area contributed by atoms with Crippen molar-refractivity contribution in [1.82, 2.24) is 10.6 Å². The topological polar surface area (TPSA) is 41.1 Å². The van der Waals surface area contributed by atoms with Crippen LogP contribution in [0.5, 0.6) is 0 Å². The Labute approximate surface area is 118 Å². The molecule has 1 unspecified atom stereocenters. The molecule has 0 fully saturated rings. The Morgan fingerprint density at radius 2 is 1.95 bits per heavy atom. The number of carbonyl (C=O) groups excluding carboxylic acids is 1. The molecule has 108 valence electrons. The predicted molar refractivity (Wildman–Crippen MR) is 73.3 cm³/mol. The molecule has 1 amide bonds. The highest BCUT2D eigenvalue weighted by atomic mass is 35.5. The molecule has 0 aromatic heterocycles. The van der Waals surface area contributed by atoms with Gasteiger partial charge in [-0.2, -0.15) is 0 Å². The highest BCUT2D eigenvalue weighted by molar-refractivity contribution is 5.85. The molecule has 3 nitrogen and oxygen atoms in total. The SMILES string of the molecule is CNCC(=O)NC(c1ccc(F)cc1F)C(C)C.Cl. The summed E-state index contributed by atoms with van der Waals surface area (Å²) >= 11 is 0. The highest BCUT2D eigenvalue weighted by Crippen LogP contribution is 2.24. The summed E-state index contributed by atoms with van der Waals surface area (Å²) in [6.45, 7) is 3.90. The standard InChI is InChI=1S/C13H18F2N2O.ClH/c1-8(2)13(17-12(18)7-16-3)10-5-4-9(14)6-11(10)15;/h4-6,8,13,16H,7H2,1-3H3,(H,17,18);1H. The summed E-state index contributed by atoms with van der Waals surface area (Å²) in [5.41, 5.74) is 0.302. The minimum Gasteiger partial charge on any atom is -0.348 e. The molecule has 0 bridgehead atoms. The maximum Gasteiger partial charge on any atom is 0.234 e. The molecule has 0 saturated carbocycles. The van der Waals surface area contributed by atoms with E-state index in [1.807, 2.05) is 13.8 Å². The first-order valence-electron chi connectivity index (χ1n) is 5.84. The fourth-order valence-electron chi connectivity index (χ4n) is 1.74. The van der Waals surface area contributed by atoms with E-state index in [1.165, 1.54) is 12.1 Å². The highest BCUT2D eigenvalue weighted by Gasteiger charge is 2.21. The van der Waals surface area contributed by atoms with Gasteiger partial charge in [0, 0.05) is 11.6 Å². The molecule has 0 radical (unpaired) electrons. The van der Waals surface area contributed by atoms with Gasteiger partial charge in [-0.25, -0.2) is 8.78 Å². The molecule has 1 aromatic rings. The smallest absolute Gasteiger partial charge is 0.234 e. The van der Waals surface area contributed by atoms with E-state index in [2.05, 4.69) is 10.6 Å². The van der Waals surface area contributed by atoms with Gasteiger partial charge in [0.25, 0.3) is 0 Å². The summed E-state index contributed by atoms with van der Waals surface area (Å²) < 4.78 is 26.5. The number of amides is 1. The van der Waals surface area contributed by atoms with Crippen LogP contribution in [0.4, 0.5) is 8.78 Å². The number of nitrogens with one attached hydrogen (secondary N) is 2. The molecule has 19 heavy (non-hydrogen) atoms. The molecule has 6 heteroatoms. The van der Waals surface area contributed by atoms with E-state index in [0.29, 0.717) is 5.56 Å². The molecule has 2 N–H and O–H groups in total. The van der Waals surface area contributed by atoms with Gasteiger partial charge in [0.15, 0.2) is 0 Å². The maximum absolute atomic E-state index is 13.7. The Balaban J connectivity index is 0.00000324. The second-order valence-electron chi connectivity index (χ2n) is 4.49. The van der Waals surface area contributed by atoms with Crippen LogP contribution in [0.1, 0.15) is 25.5 Å². The number of hydrogen-bond donors (Lipinski definition) is 2. The van der Waals surface area contributed by atoms with E-state index in [1.54, 1.807) is 7.05 Å². The van der Waals surface area contributed by atoms with E-state index in [-0.39, 0.29) is 30.8 Å². The molecule has 0 saturated heterocycles. The number of hydrogen-bond acceptors (Lipinski definition) is 2. The second kappa shape index (κ2) is 8.07. The van der Waals surface area contributed by atoms with Gasteiger partial charge < -0.3 is 10.6 Å². The number of rotatable bonds is 5. The number of halogens is 3. The normalized spacial score (nSPS) is 11.9. The summed E-state index contributed by atoms with van der Waals surface area (Å²) in [6, 6.07) is 2.92. The van der Waals surface area contributed by atoms with Gasteiger partial charge in [0.2, 0.25) is 5.91 Å². The second-order valence-corrected chi connectivity index (χ2v) is 4.49. The van der Waals surface area contributed by atoms with Crippen molar-refractivity contribution in [1.29, 1.82) is 0 Å². The molecular weight excluding hydrogens is 274 g/mol. The van der Waals surface area contributed by atoms with E-state index in [4.69, 9.17) is 0 Å². The third-order valence-corrected chi connectivity index (χ3v) is 2.62. The average Bonchev–Trinajstić information content (AvgIpc) is 2.27. The monoisotopic (exact) mass is 292 g/mol. The van der Waals surface area contributed by atoms with E-state index in [9.17, 15) is 13.6 Å². The van der Waals surface area contributed by atoms with Crippen molar-refractivity contribution < 1.29 is 13.6 Å². The lowest BCUT2D eigenvalue weighted by molar-refractivity contribution is -0.121. The molecule has 0 heterocycles. The van der Waals surface area contributed by atoms with Crippen molar-refractivity contribution in [2.45, 2.75) is 19.9 Å². The lowest BCUT2D eigenvalue weighted by Crippen LogP contribution is -2.37. The van der Waals surface area contributed by atoms with Crippen molar-refractivity contribution >= 4 is 18.3 Å². The van der Waals surface area contributed by atoms with Gasteiger partial charge in [-0.05, 0) is 19.0 Å². The molecule has 0 spiro atoms. The van der Waals surface area contributed by atoms with Crippen LogP contribution < -0.4 is 10.6 Å². The summed E-state index contributed by atoms with van der Waals surface area (Å²) in [4.78, 5) is 11.5.